The molecule has 18 heavy (non-hydrogen) atoms. The summed E-state index contributed by atoms with van der Waals surface area (Å²) in [6.45, 7) is 10.1. The number of carbonyl (C=O) groups excluding carboxylic acids is 2. The average Bonchev–Trinajstić information content (AvgIpc) is 2.71. The largest absolute Gasteiger partial charge is 0.444 e. The lowest BCUT2D eigenvalue weighted by molar-refractivity contribution is -0.116. The number of hydrogen-bond donors (Lipinski definition) is 1. The zero-order valence-electron chi connectivity index (χ0n) is 11.4. The molecule has 0 spiro atoms. The summed E-state index contributed by atoms with van der Waals surface area (Å²) >= 11 is 0. The Labute approximate surface area is 108 Å². The predicted molar refractivity (Wildman–Crippen MR) is 69.2 cm³/mol. The summed E-state index contributed by atoms with van der Waals surface area (Å²) in [5.74, 6) is -0.217. The van der Waals surface area contributed by atoms with Gasteiger partial charge in [0, 0.05) is 13.1 Å². The van der Waals surface area contributed by atoms with Crippen molar-refractivity contribution in [1.29, 1.82) is 0 Å². The quantitative estimate of drug-likeness (QED) is 0.780. The van der Waals surface area contributed by atoms with Crippen LogP contribution >= 0.6 is 0 Å². The number of hydrogen-bond acceptors (Lipinski definition) is 3. The molecule has 0 aromatic rings. The zero-order chi connectivity index (χ0) is 13.8. The number of nitrogens with one attached hydrogen (secondary N) is 1. The number of ether oxygens (including phenoxy) is 1. The van der Waals surface area contributed by atoms with E-state index in [2.05, 4.69) is 11.9 Å². The van der Waals surface area contributed by atoms with E-state index in [1.165, 1.54) is 6.08 Å². The van der Waals surface area contributed by atoms with E-state index in [4.69, 9.17) is 4.74 Å². The molecule has 1 aliphatic rings. The van der Waals surface area contributed by atoms with E-state index in [9.17, 15) is 9.59 Å². The molecule has 1 N–H and O–H groups in total. The van der Waals surface area contributed by atoms with Crippen molar-refractivity contribution in [3.63, 3.8) is 0 Å². The van der Waals surface area contributed by atoms with Crippen LogP contribution in [0.2, 0.25) is 0 Å². The Bertz CT molecular complexity index is 334. The first-order valence-corrected chi connectivity index (χ1v) is 6.23. The Kier molecular flexibility index (Phi) is 4.76. The van der Waals surface area contributed by atoms with Crippen LogP contribution in [0.3, 0.4) is 0 Å². The molecule has 0 unspecified atom stereocenters. The predicted octanol–water partition coefficient (Wildman–Crippen LogP) is 1.69. The van der Waals surface area contributed by atoms with Crippen molar-refractivity contribution >= 4 is 12.0 Å². The van der Waals surface area contributed by atoms with Crippen molar-refractivity contribution in [1.82, 2.24) is 10.2 Å². The Balaban J connectivity index is 2.51. The first-order valence-electron chi connectivity index (χ1n) is 6.23. The summed E-state index contributed by atoms with van der Waals surface area (Å²) in [6, 6.07) is 0.0174. The second-order valence-corrected chi connectivity index (χ2v) is 5.42. The van der Waals surface area contributed by atoms with Crippen molar-refractivity contribution in [3.05, 3.63) is 12.7 Å². The van der Waals surface area contributed by atoms with Crippen LogP contribution in [0.5, 0.6) is 0 Å². The molecule has 5 heteroatoms. The maximum atomic E-state index is 12.0. The third-order valence-corrected chi connectivity index (χ3v) is 2.70. The van der Waals surface area contributed by atoms with Crippen molar-refractivity contribution in [2.24, 2.45) is 0 Å². The minimum atomic E-state index is -0.491. The maximum absolute atomic E-state index is 12.0. The summed E-state index contributed by atoms with van der Waals surface area (Å²) in [7, 11) is 0. The zero-order valence-corrected chi connectivity index (χ0v) is 11.4. The van der Waals surface area contributed by atoms with Gasteiger partial charge in [0.2, 0.25) is 5.91 Å². The molecule has 5 nitrogen and oxygen atoms in total. The van der Waals surface area contributed by atoms with Crippen LogP contribution in [0.25, 0.3) is 0 Å². The Morgan fingerprint density at radius 2 is 2.17 bits per heavy atom. The van der Waals surface area contributed by atoms with E-state index in [0.29, 0.717) is 13.1 Å². The van der Waals surface area contributed by atoms with Crippen LogP contribution in [0.4, 0.5) is 4.79 Å². The molecule has 102 valence electrons. The second kappa shape index (κ2) is 5.89. The highest BCUT2D eigenvalue weighted by atomic mass is 16.6. The van der Waals surface area contributed by atoms with Crippen molar-refractivity contribution in [2.45, 2.75) is 45.3 Å². The van der Waals surface area contributed by atoms with E-state index in [0.717, 1.165) is 12.8 Å². The highest BCUT2D eigenvalue weighted by molar-refractivity contribution is 5.86. The maximum Gasteiger partial charge on any atom is 0.410 e. The van der Waals surface area contributed by atoms with Gasteiger partial charge in [0.15, 0.2) is 0 Å². The fourth-order valence-corrected chi connectivity index (χ4v) is 1.90. The van der Waals surface area contributed by atoms with Crippen LogP contribution in [0.15, 0.2) is 12.7 Å². The molecular weight excluding hydrogens is 232 g/mol. The molecule has 0 radical (unpaired) electrons. The van der Waals surface area contributed by atoms with Crippen LogP contribution < -0.4 is 5.32 Å². The number of carbonyl (C=O) groups is 2. The van der Waals surface area contributed by atoms with Gasteiger partial charge in [-0.2, -0.15) is 0 Å². The molecule has 1 atom stereocenters. The molecule has 0 aromatic heterocycles. The minimum absolute atomic E-state index is 0.0174. The normalized spacial score (nSPS) is 19.5. The van der Waals surface area contributed by atoms with Gasteiger partial charge in [-0.3, -0.25) is 4.79 Å². The Hall–Kier alpha value is -1.52. The van der Waals surface area contributed by atoms with Gasteiger partial charge in [0.05, 0.1) is 6.04 Å². The summed E-state index contributed by atoms with van der Waals surface area (Å²) < 4.78 is 5.34. The van der Waals surface area contributed by atoms with E-state index < -0.39 is 5.60 Å². The van der Waals surface area contributed by atoms with Crippen molar-refractivity contribution in [3.8, 4) is 0 Å². The number of likely N-dealkylation sites (tertiary alicyclic amines) is 1. The highest BCUT2D eigenvalue weighted by Gasteiger charge is 2.31. The van der Waals surface area contributed by atoms with E-state index in [1.807, 2.05) is 20.8 Å². The third kappa shape index (κ3) is 4.39. The SMILES string of the molecule is C=CC(=O)NC[C@H]1CCCN1C(=O)OC(C)(C)C. The standard InChI is InChI=1S/C13H22N2O3/c1-5-11(16)14-9-10-7-6-8-15(10)12(17)18-13(2,3)4/h5,10H,1,6-9H2,2-4H3,(H,14,16)/t10-/m1/s1. The second-order valence-electron chi connectivity index (χ2n) is 5.42. The lowest BCUT2D eigenvalue weighted by Gasteiger charge is -2.28. The molecule has 1 aliphatic heterocycles. The Morgan fingerprint density at radius 1 is 1.50 bits per heavy atom. The van der Waals surface area contributed by atoms with Crippen LogP contribution in [0.1, 0.15) is 33.6 Å². The van der Waals surface area contributed by atoms with Gasteiger partial charge >= 0.3 is 6.09 Å². The monoisotopic (exact) mass is 254 g/mol. The molecule has 0 saturated carbocycles. The number of nitrogens with zero attached hydrogens (tertiary/aromatic N) is 1. The molecular formula is C13H22N2O3. The van der Waals surface area contributed by atoms with E-state index >= 15 is 0 Å². The summed E-state index contributed by atoms with van der Waals surface area (Å²) in [5, 5.41) is 2.72. The van der Waals surface area contributed by atoms with Crippen LogP contribution in [0, 0.1) is 0 Å². The van der Waals surface area contributed by atoms with Gasteiger partial charge in [-0.05, 0) is 39.7 Å². The molecule has 1 rings (SSSR count). The lowest BCUT2D eigenvalue weighted by atomic mass is 10.2. The van der Waals surface area contributed by atoms with E-state index in [-0.39, 0.29) is 18.0 Å². The van der Waals surface area contributed by atoms with Crippen molar-refractivity contribution in [2.75, 3.05) is 13.1 Å². The molecule has 0 bridgehead atoms. The summed E-state index contributed by atoms with van der Waals surface area (Å²) in [6.07, 6.45) is 2.75. The fourth-order valence-electron chi connectivity index (χ4n) is 1.90. The van der Waals surface area contributed by atoms with Crippen LogP contribution in [-0.2, 0) is 9.53 Å². The third-order valence-electron chi connectivity index (χ3n) is 2.70. The van der Waals surface area contributed by atoms with Gasteiger partial charge in [-0.15, -0.1) is 0 Å². The van der Waals surface area contributed by atoms with E-state index in [1.54, 1.807) is 4.90 Å². The number of amides is 2. The average molecular weight is 254 g/mol. The Morgan fingerprint density at radius 3 is 2.72 bits per heavy atom. The summed E-state index contributed by atoms with van der Waals surface area (Å²) in [5.41, 5.74) is -0.491. The molecule has 1 fully saturated rings. The van der Waals surface area contributed by atoms with Crippen molar-refractivity contribution < 1.29 is 14.3 Å². The molecule has 0 aromatic carbocycles. The fraction of sp³-hybridized carbons (Fsp3) is 0.692. The topological polar surface area (TPSA) is 58.6 Å². The first kappa shape index (κ1) is 14.5. The van der Waals surface area contributed by atoms with Gasteiger partial charge in [-0.25, -0.2) is 4.79 Å². The van der Waals surface area contributed by atoms with Gasteiger partial charge in [0.25, 0.3) is 0 Å². The molecule has 2 amide bonds. The molecule has 1 heterocycles. The lowest BCUT2D eigenvalue weighted by Crippen LogP contribution is -2.44. The molecule has 1 saturated heterocycles. The van der Waals surface area contributed by atoms with Gasteiger partial charge < -0.3 is 15.0 Å². The first-order chi connectivity index (χ1) is 8.33. The van der Waals surface area contributed by atoms with Gasteiger partial charge in [-0.1, -0.05) is 6.58 Å². The number of rotatable bonds is 3. The highest BCUT2D eigenvalue weighted by Crippen LogP contribution is 2.20. The van der Waals surface area contributed by atoms with Gasteiger partial charge in [0.1, 0.15) is 5.60 Å². The minimum Gasteiger partial charge on any atom is -0.444 e. The summed E-state index contributed by atoms with van der Waals surface area (Å²) in [4.78, 5) is 24.8. The molecule has 0 aliphatic carbocycles. The van der Waals surface area contributed by atoms with Crippen LogP contribution in [-0.4, -0.2) is 41.6 Å². The smallest absolute Gasteiger partial charge is 0.410 e.